The second-order valence-electron chi connectivity index (χ2n) is 7.01. The van der Waals surface area contributed by atoms with Crippen LogP contribution in [0.25, 0.3) is 0 Å². The van der Waals surface area contributed by atoms with Crippen molar-refractivity contribution in [1.82, 2.24) is 5.32 Å². The van der Waals surface area contributed by atoms with Crippen molar-refractivity contribution >= 4 is 29.4 Å². The molecule has 2 aromatic carbocycles. The molecular formula is C22H22N2O6. The minimum atomic E-state index is -1.18. The molecule has 3 rings (SSSR count). The molecule has 8 heteroatoms. The quantitative estimate of drug-likeness (QED) is 0.477. The summed E-state index contributed by atoms with van der Waals surface area (Å²) in [4.78, 5) is 47.4. The number of esters is 1. The van der Waals surface area contributed by atoms with E-state index in [0.717, 1.165) is 25.7 Å². The van der Waals surface area contributed by atoms with Crippen molar-refractivity contribution < 1.29 is 29.0 Å². The molecule has 0 atom stereocenters. The number of carbonyl (C=O) groups excluding carboxylic acids is 3. The number of carboxylic acids is 1. The molecular weight excluding hydrogens is 388 g/mol. The van der Waals surface area contributed by atoms with Crippen LogP contribution in [-0.4, -0.2) is 35.4 Å². The monoisotopic (exact) mass is 410 g/mol. The standard InChI is InChI=1S/C22H22N2O6/c25-19(26)13-23-21(28)17-7-3-4-8-18(17)30-22(29)15-9-11-16(12-10-15)24-20(27)14-5-1-2-6-14/h3-4,7-12,14H,1-2,5-6,13H2,(H,23,28)(H,24,27)(H,25,26). The van der Waals surface area contributed by atoms with Gasteiger partial charge in [-0.05, 0) is 49.2 Å². The average Bonchev–Trinajstić information content (AvgIpc) is 3.28. The Hall–Kier alpha value is -3.68. The zero-order valence-electron chi connectivity index (χ0n) is 16.2. The van der Waals surface area contributed by atoms with Gasteiger partial charge in [-0.2, -0.15) is 0 Å². The Kier molecular flexibility index (Phi) is 6.79. The maximum absolute atomic E-state index is 12.5. The van der Waals surface area contributed by atoms with Crippen molar-refractivity contribution in [2.75, 3.05) is 11.9 Å². The van der Waals surface area contributed by atoms with Gasteiger partial charge in [0.2, 0.25) is 5.91 Å². The molecule has 1 saturated carbocycles. The van der Waals surface area contributed by atoms with E-state index in [1.165, 1.54) is 24.3 Å². The van der Waals surface area contributed by atoms with Crippen LogP contribution in [0.5, 0.6) is 5.75 Å². The van der Waals surface area contributed by atoms with E-state index in [1.54, 1.807) is 24.3 Å². The minimum absolute atomic E-state index is 0.0101. The highest BCUT2D eigenvalue weighted by atomic mass is 16.5. The molecule has 0 aliphatic heterocycles. The molecule has 2 aromatic rings. The number of carbonyl (C=O) groups is 4. The highest BCUT2D eigenvalue weighted by molar-refractivity contribution is 6.00. The first-order chi connectivity index (χ1) is 14.4. The Bertz CT molecular complexity index is 948. The van der Waals surface area contributed by atoms with Gasteiger partial charge in [-0.15, -0.1) is 0 Å². The third-order valence-electron chi connectivity index (χ3n) is 4.85. The number of hydrogen-bond acceptors (Lipinski definition) is 5. The Morgan fingerprint density at radius 1 is 0.967 bits per heavy atom. The number of aliphatic carboxylic acids is 1. The molecule has 0 heterocycles. The van der Waals surface area contributed by atoms with Crippen LogP contribution >= 0.6 is 0 Å². The molecule has 0 saturated heterocycles. The molecule has 0 spiro atoms. The van der Waals surface area contributed by atoms with E-state index in [-0.39, 0.29) is 28.7 Å². The third kappa shape index (κ3) is 5.44. The molecule has 0 aromatic heterocycles. The lowest BCUT2D eigenvalue weighted by molar-refractivity contribution is -0.135. The smallest absolute Gasteiger partial charge is 0.343 e. The van der Waals surface area contributed by atoms with Gasteiger partial charge in [0.15, 0.2) is 0 Å². The van der Waals surface area contributed by atoms with E-state index in [0.29, 0.717) is 5.69 Å². The molecule has 1 aliphatic rings. The van der Waals surface area contributed by atoms with Crippen molar-refractivity contribution in [1.29, 1.82) is 0 Å². The number of ether oxygens (including phenoxy) is 1. The summed E-state index contributed by atoms with van der Waals surface area (Å²) in [5.74, 6) is -2.47. The summed E-state index contributed by atoms with van der Waals surface area (Å²) < 4.78 is 5.33. The number of anilines is 1. The Balaban J connectivity index is 1.64. The zero-order chi connectivity index (χ0) is 21.5. The highest BCUT2D eigenvalue weighted by Crippen LogP contribution is 2.26. The molecule has 3 N–H and O–H groups in total. The van der Waals surface area contributed by atoms with Crippen molar-refractivity contribution in [3.05, 3.63) is 59.7 Å². The van der Waals surface area contributed by atoms with Crippen LogP contribution in [0.3, 0.4) is 0 Å². The van der Waals surface area contributed by atoms with Gasteiger partial charge in [-0.3, -0.25) is 14.4 Å². The van der Waals surface area contributed by atoms with E-state index in [9.17, 15) is 19.2 Å². The van der Waals surface area contributed by atoms with E-state index in [1.807, 2.05) is 0 Å². The number of amides is 2. The Morgan fingerprint density at radius 2 is 1.63 bits per heavy atom. The van der Waals surface area contributed by atoms with Gasteiger partial charge in [0.25, 0.3) is 5.91 Å². The van der Waals surface area contributed by atoms with Crippen LogP contribution in [0.15, 0.2) is 48.5 Å². The maximum Gasteiger partial charge on any atom is 0.343 e. The predicted molar refractivity (Wildman–Crippen MR) is 108 cm³/mol. The number of carboxylic acid groups (broad SMARTS) is 1. The van der Waals surface area contributed by atoms with Crippen molar-refractivity contribution in [2.24, 2.45) is 5.92 Å². The third-order valence-corrected chi connectivity index (χ3v) is 4.85. The van der Waals surface area contributed by atoms with E-state index in [4.69, 9.17) is 9.84 Å². The van der Waals surface area contributed by atoms with E-state index in [2.05, 4.69) is 10.6 Å². The second-order valence-corrected chi connectivity index (χ2v) is 7.01. The van der Waals surface area contributed by atoms with Gasteiger partial charge in [-0.25, -0.2) is 4.79 Å². The lowest BCUT2D eigenvalue weighted by Crippen LogP contribution is -2.29. The predicted octanol–water partition coefficient (Wildman–Crippen LogP) is 2.85. The molecule has 30 heavy (non-hydrogen) atoms. The van der Waals surface area contributed by atoms with Gasteiger partial charge in [0, 0.05) is 11.6 Å². The zero-order valence-corrected chi connectivity index (χ0v) is 16.2. The first-order valence-corrected chi connectivity index (χ1v) is 9.66. The Labute approximate surface area is 173 Å². The first-order valence-electron chi connectivity index (χ1n) is 9.66. The van der Waals surface area contributed by atoms with Crippen LogP contribution in [0.2, 0.25) is 0 Å². The molecule has 2 amide bonds. The summed E-state index contributed by atoms with van der Waals surface area (Å²) in [6, 6.07) is 12.3. The first kappa shape index (κ1) is 21.0. The fraction of sp³-hybridized carbons (Fsp3) is 0.273. The number of rotatable bonds is 7. The lowest BCUT2D eigenvalue weighted by Gasteiger charge is -2.11. The summed E-state index contributed by atoms with van der Waals surface area (Å²) >= 11 is 0. The summed E-state index contributed by atoms with van der Waals surface area (Å²) in [5.41, 5.74) is 0.888. The van der Waals surface area contributed by atoms with Crippen molar-refractivity contribution in [3.8, 4) is 5.75 Å². The van der Waals surface area contributed by atoms with Gasteiger partial charge in [0.1, 0.15) is 12.3 Å². The maximum atomic E-state index is 12.5. The van der Waals surface area contributed by atoms with Crippen LogP contribution in [-0.2, 0) is 9.59 Å². The van der Waals surface area contributed by atoms with Crippen LogP contribution in [0, 0.1) is 5.92 Å². The topological polar surface area (TPSA) is 122 Å². The number of hydrogen-bond donors (Lipinski definition) is 3. The lowest BCUT2D eigenvalue weighted by atomic mass is 10.1. The number of para-hydroxylation sites is 1. The SMILES string of the molecule is O=C(O)CNC(=O)c1ccccc1OC(=O)c1ccc(NC(=O)C2CCCC2)cc1. The van der Waals surface area contributed by atoms with Crippen LogP contribution in [0.1, 0.15) is 46.4 Å². The second kappa shape index (κ2) is 9.69. The molecule has 0 bridgehead atoms. The fourth-order valence-corrected chi connectivity index (χ4v) is 3.28. The minimum Gasteiger partial charge on any atom is -0.480 e. The average molecular weight is 410 g/mol. The normalized spacial score (nSPS) is 13.5. The summed E-state index contributed by atoms with van der Waals surface area (Å²) in [6.45, 7) is -0.546. The van der Waals surface area contributed by atoms with Gasteiger partial charge in [-0.1, -0.05) is 25.0 Å². The number of nitrogens with one attached hydrogen (secondary N) is 2. The van der Waals surface area contributed by atoms with Crippen LogP contribution in [0.4, 0.5) is 5.69 Å². The van der Waals surface area contributed by atoms with Crippen molar-refractivity contribution in [2.45, 2.75) is 25.7 Å². The van der Waals surface area contributed by atoms with E-state index >= 15 is 0 Å². The van der Waals surface area contributed by atoms with Crippen LogP contribution < -0.4 is 15.4 Å². The molecule has 156 valence electrons. The molecule has 1 fully saturated rings. The summed E-state index contributed by atoms with van der Waals surface area (Å²) in [5, 5.41) is 13.8. The number of benzene rings is 2. The molecule has 8 nitrogen and oxygen atoms in total. The summed E-state index contributed by atoms with van der Waals surface area (Å²) in [7, 11) is 0. The molecule has 1 aliphatic carbocycles. The molecule has 0 unspecified atom stereocenters. The van der Waals surface area contributed by atoms with Gasteiger partial charge < -0.3 is 20.5 Å². The van der Waals surface area contributed by atoms with Crippen molar-refractivity contribution in [3.63, 3.8) is 0 Å². The fourth-order valence-electron chi connectivity index (χ4n) is 3.28. The largest absolute Gasteiger partial charge is 0.480 e. The Morgan fingerprint density at radius 3 is 2.30 bits per heavy atom. The summed E-state index contributed by atoms with van der Waals surface area (Å²) in [6.07, 6.45) is 3.93. The van der Waals surface area contributed by atoms with E-state index < -0.39 is 24.4 Å². The van der Waals surface area contributed by atoms with Gasteiger partial charge >= 0.3 is 11.9 Å². The highest BCUT2D eigenvalue weighted by Gasteiger charge is 2.22. The molecule has 0 radical (unpaired) electrons. The van der Waals surface area contributed by atoms with Gasteiger partial charge in [0.05, 0.1) is 11.1 Å².